The van der Waals surface area contributed by atoms with Gasteiger partial charge in [0.15, 0.2) is 5.17 Å². The highest BCUT2D eigenvalue weighted by Crippen LogP contribution is 2.31. The molecule has 20 heavy (non-hydrogen) atoms. The van der Waals surface area contributed by atoms with Crippen molar-refractivity contribution in [2.45, 2.75) is 12.7 Å². The first kappa shape index (κ1) is 14.9. The Morgan fingerprint density at radius 1 is 1.55 bits per heavy atom. The summed E-state index contributed by atoms with van der Waals surface area (Å²) in [6.45, 7) is 2.01. The van der Waals surface area contributed by atoms with E-state index < -0.39 is 5.97 Å². The van der Waals surface area contributed by atoms with E-state index in [4.69, 9.17) is 20.3 Å². The Morgan fingerprint density at radius 2 is 2.30 bits per heavy atom. The third-order valence-electron chi connectivity index (χ3n) is 2.59. The maximum absolute atomic E-state index is 11.9. The summed E-state index contributed by atoms with van der Waals surface area (Å²) in [6.07, 6.45) is 0. The number of furan rings is 1. The predicted molar refractivity (Wildman–Crippen MR) is 83.1 cm³/mol. The second-order valence-corrected chi connectivity index (χ2v) is 5.86. The van der Waals surface area contributed by atoms with Gasteiger partial charge < -0.3 is 14.9 Å². The lowest BCUT2D eigenvalue weighted by Gasteiger charge is -2.02. The van der Waals surface area contributed by atoms with Crippen molar-refractivity contribution in [3.63, 3.8) is 0 Å². The number of fused-ring (bicyclic) bond motifs is 1. The molecule has 0 fully saturated rings. The number of halogens is 1. The van der Waals surface area contributed by atoms with Crippen LogP contribution in [-0.2, 0) is 10.5 Å². The molecule has 0 aliphatic heterocycles. The van der Waals surface area contributed by atoms with E-state index in [9.17, 15) is 4.79 Å². The Labute approximate surface area is 128 Å². The zero-order valence-electron chi connectivity index (χ0n) is 10.7. The highest BCUT2D eigenvalue weighted by atomic mass is 79.9. The summed E-state index contributed by atoms with van der Waals surface area (Å²) in [5.41, 5.74) is 6.66. The molecule has 5 nitrogen and oxygen atoms in total. The van der Waals surface area contributed by atoms with E-state index in [1.54, 1.807) is 13.0 Å². The summed E-state index contributed by atoms with van der Waals surface area (Å²) >= 11 is 4.53. The standard InChI is InChI=1S/C13H13BrN2O3S/c1-2-18-12(17)11-9(6-20-13(15)16)8-5-7(14)3-4-10(8)19-11/h3-5H,2,6H2,1H3,(H3,15,16). The molecule has 0 spiro atoms. The minimum atomic E-state index is -0.501. The van der Waals surface area contributed by atoms with E-state index in [-0.39, 0.29) is 17.5 Å². The monoisotopic (exact) mass is 356 g/mol. The molecule has 0 saturated carbocycles. The number of nitrogens with two attached hydrogens (primary N) is 1. The molecule has 1 aromatic heterocycles. The van der Waals surface area contributed by atoms with Crippen molar-refractivity contribution < 1.29 is 13.9 Å². The topological polar surface area (TPSA) is 89.3 Å². The molecule has 0 atom stereocenters. The zero-order valence-corrected chi connectivity index (χ0v) is 13.1. The predicted octanol–water partition coefficient (Wildman–Crippen LogP) is 3.50. The van der Waals surface area contributed by atoms with Crippen molar-refractivity contribution >= 4 is 49.8 Å². The number of amidine groups is 1. The van der Waals surface area contributed by atoms with Crippen LogP contribution in [0.3, 0.4) is 0 Å². The highest BCUT2D eigenvalue weighted by Gasteiger charge is 2.22. The number of rotatable bonds is 4. The molecule has 106 valence electrons. The van der Waals surface area contributed by atoms with Crippen molar-refractivity contribution in [1.82, 2.24) is 0 Å². The zero-order chi connectivity index (χ0) is 14.7. The van der Waals surface area contributed by atoms with Crippen LogP contribution in [0.25, 0.3) is 11.0 Å². The fourth-order valence-electron chi connectivity index (χ4n) is 1.78. The lowest BCUT2D eigenvalue weighted by atomic mass is 10.1. The fraction of sp³-hybridized carbons (Fsp3) is 0.231. The maximum atomic E-state index is 11.9. The van der Waals surface area contributed by atoms with Crippen LogP contribution in [0.5, 0.6) is 0 Å². The van der Waals surface area contributed by atoms with Gasteiger partial charge >= 0.3 is 5.97 Å². The second kappa shape index (κ2) is 6.32. The van der Waals surface area contributed by atoms with Gasteiger partial charge in [-0.15, -0.1) is 0 Å². The first-order chi connectivity index (χ1) is 9.52. The number of hydrogen-bond donors (Lipinski definition) is 2. The minimum absolute atomic E-state index is 0.0100. The number of nitrogens with one attached hydrogen (secondary N) is 1. The number of ether oxygens (including phenoxy) is 1. The number of hydrogen-bond acceptors (Lipinski definition) is 5. The number of thioether (sulfide) groups is 1. The smallest absolute Gasteiger partial charge is 0.374 e. The normalized spacial score (nSPS) is 10.7. The van der Waals surface area contributed by atoms with E-state index in [1.807, 2.05) is 12.1 Å². The highest BCUT2D eigenvalue weighted by molar-refractivity contribution is 9.10. The van der Waals surface area contributed by atoms with Crippen LogP contribution in [0.4, 0.5) is 0 Å². The maximum Gasteiger partial charge on any atom is 0.374 e. The summed E-state index contributed by atoms with van der Waals surface area (Å²) in [7, 11) is 0. The van der Waals surface area contributed by atoms with Crippen molar-refractivity contribution in [1.29, 1.82) is 5.41 Å². The number of esters is 1. The van der Waals surface area contributed by atoms with Gasteiger partial charge in [0.25, 0.3) is 0 Å². The van der Waals surface area contributed by atoms with Crippen LogP contribution in [0.1, 0.15) is 23.0 Å². The summed E-state index contributed by atoms with van der Waals surface area (Å²) < 4.78 is 11.5. The van der Waals surface area contributed by atoms with Gasteiger partial charge in [-0.25, -0.2) is 4.79 Å². The van der Waals surface area contributed by atoms with Crippen LogP contribution in [0, 0.1) is 5.41 Å². The van der Waals surface area contributed by atoms with Gasteiger partial charge in [0.05, 0.1) is 6.61 Å². The Balaban J connectivity index is 2.51. The van der Waals surface area contributed by atoms with Crippen LogP contribution in [0.15, 0.2) is 27.1 Å². The van der Waals surface area contributed by atoms with Crippen molar-refractivity contribution in [2.24, 2.45) is 5.73 Å². The van der Waals surface area contributed by atoms with E-state index in [0.29, 0.717) is 16.9 Å². The molecule has 0 amide bonds. The molecule has 0 bridgehead atoms. The van der Waals surface area contributed by atoms with Crippen molar-refractivity contribution in [3.8, 4) is 0 Å². The molecule has 0 aliphatic carbocycles. The Hall–Kier alpha value is -1.47. The Kier molecular flexibility index (Phi) is 4.72. The van der Waals surface area contributed by atoms with Gasteiger partial charge in [-0.3, -0.25) is 5.41 Å². The lowest BCUT2D eigenvalue weighted by Crippen LogP contribution is -2.08. The third-order valence-corrected chi connectivity index (χ3v) is 3.82. The molecule has 0 aliphatic rings. The van der Waals surface area contributed by atoms with Gasteiger partial charge in [0.2, 0.25) is 5.76 Å². The molecular weight excluding hydrogens is 344 g/mol. The van der Waals surface area contributed by atoms with Gasteiger partial charge in [0.1, 0.15) is 5.58 Å². The number of benzene rings is 1. The van der Waals surface area contributed by atoms with Gasteiger partial charge in [0, 0.05) is 21.2 Å². The quantitative estimate of drug-likeness (QED) is 0.497. The summed E-state index contributed by atoms with van der Waals surface area (Å²) in [6, 6.07) is 5.49. The van der Waals surface area contributed by atoms with Crippen LogP contribution >= 0.6 is 27.7 Å². The summed E-state index contributed by atoms with van der Waals surface area (Å²) in [5, 5.41) is 8.10. The molecule has 2 rings (SSSR count). The number of carbonyl (C=O) groups excluding carboxylic acids is 1. The average molecular weight is 357 g/mol. The molecular formula is C13H13BrN2O3S. The average Bonchev–Trinajstić information content (AvgIpc) is 2.74. The minimum Gasteiger partial charge on any atom is -0.460 e. The molecule has 1 aromatic carbocycles. The Morgan fingerprint density at radius 3 is 2.95 bits per heavy atom. The molecule has 1 heterocycles. The fourth-order valence-corrected chi connectivity index (χ4v) is 2.72. The van der Waals surface area contributed by atoms with E-state index >= 15 is 0 Å². The van der Waals surface area contributed by atoms with Gasteiger partial charge in [-0.2, -0.15) is 0 Å². The van der Waals surface area contributed by atoms with Gasteiger partial charge in [-0.1, -0.05) is 27.7 Å². The Bertz CT molecular complexity index is 669. The van der Waals surface area contributed by atoms with E-state index in [1.165, 1.54) is 0 Å². The summed E-state index contributed by atoms with van der Waals surface area (Å²) in [5.74, 6) is 0.0557. The van der Waals surface area contributed by atoms with Crippen LogP contribution < -0.4 is 5.73 Å². The van der Waals surface area contributed by atoms with Crippen LogP contribution in [0.2, 0.25) is 0 Å². The van der Waals surface area contributed by atoms with E-state index in [0.717, 1.165) is 21.6 Å². The third kappa shape index (κ3) is 3.16. The summed E-state index contributed by atoms with van der Waals surface area (Å²) in [4.78, 5) is 11.9. The van der Waals surface area contributed by atoms with Crippen LogP contribution in [-0.4, -0.2) is 17.7 Å². The molecule has 2 aromatic rings. The van der Waals surface area contributed by atoms with Gasteiger partial charge in [-0.05, 0) is 25.1 Å². The SMILES string of the molecule is CCOC(=O)c1oc2ccc(Br)cc2c1CSC(=N)N. The van der Waals surface area contributed by atoms with Crippen molar-refractivity contribution in [2.75, 3.05) is 6.61 Å². The van der Waals surface area contributed by atoms with E-state index in [2.05, 4.69) is 15.9 Å². The van der Waals surface area contributed by atoms with Crippen molar-refractivity contribution in [3.05, 3.63) is 34.0 Å². The second-order valence-electron chi connectivity index (χ2n) is 3.92. The molecule has 7 heteroatoms. The first-order valence-corrected chi connectivity index (χ1v) is 7.65. The molecule has 0 saturated heterocycles. The molecule has 0 radical (unpaired) electrons. The molecule has 0 unspecified atom stereocenters. The first-order valence-electron chi connectivity index (χ1n) is 5.87. The lowest BCUT2D eigenvalue weighted by molar-refractivity contribution is 0.0491. The largest absolute Gasteiger partial charge is 0.460 e. The molecule has 3 N–H and O–H groups in total. The number of carbonyl (C=O) groups is 1.